The second-order valence-corrected chi connectivity index (χ2v) is 9.32. The lowest BCUT2D eigenvalue weighted by Gasteiger charge is -2.18. The maximum absolute atomic E-state index is 12.9. The number of amides is 1. The van der Waals surface area contributed by atoms with E-state index in [1.165, 1.54) is 12.8 Å². The van der Waals surface area contributed by atoms with Crippen molar-refractivity contribution in [2.75, 3.05) is 30.3 Å². The standard InChI is InChI=1S/C25H28N6OS/c1-2-16-33-25-28-22(30-13-5-6-14-30)21-17-27-31(23(21)29-25)15-12-26-24(32)20-11-7-9-18-8-3-4-10-19(18)20/h3-4,7-11,17H,2,5-6,12-16H2,1H3,(H,26,32). The summed E-state index contributed by atoms with van der Waals surface area (Å²) in [5.41, 5.74) is 1.53. The summed E-state index contributed by atoms with van der Waals surface area (Å²) in [5.74, 6) is 1.90. The first-order valence-corrected chi connectivity index (χ1v) is 12.6. The molecule has 1 N–H and O–H groups in total. The minimum absolute atomic E-state index is 0.0742. The smallest absolute Gasteiger partial charge is 0.251 e. The van der Waals surface area contributed by atoms with Crippen LogP contribution < -0.4 is 10.2 Å². The third-order valence-corrected chi connectivity index (χ3v) is 6.99. The molecule has 3 heterocycles. The monoisotopic (exact) mass is 460 g/mol. The van der Waals surface area contributed by atoms with E-state index in [9.17, 15) is 4.79 Å². The Hall–Kier alpha value is -3.13. The van der Waals surface area contributed by atoms with Gasteiger partial charge in [-0.2, -0.15) is 5.10 Å². The molecule has 1 aliphatic rings. The summed E-state index contributed by atoms with van der Waals surface area (Å²) in [6.45, 7) is 5.23. The Balaban J connectivity index is 1.35. The van der Waals surface area contributed by atoms with Crippen LogP contribution in [0.15, 0.2) is 53.8 Å². The highest BCUT2D eigenvalue weighted by Crippen LogP contribution is 2.29. The van der Waals surface area contributed by atoms with Crippen molar-refractivity contribution in [2.24, 2.45) is 0 Å². The van der Waals surface area contributed by atoms with Crippen LogP contribution in [0.3, 0.4) is 0 Å². The zero-order valence-corrected chi connectivity index (χ0v) is 19.6. The fraction of sp³-hybridized carbons (Fsp3) is 0.360. The van der Waals surface area contributed by atoms with Crippen LogP contribution >= 0.6 is 11.8 Å². The molecule has 2 aromatic heterocycles. The first kappa shape index (κ1) is 21.7. The van der Waals surface area contributed by atoms with Crippen LogP contribution in [0.5, 0.6) is 0 Å². The topological polar surface area (TPSA) is 75.9 Å². The van der Waals surface area contributed by atoms with E-state index in [1.807, 2.05) is 53.3 Å². The van der Waals surface area contributed by atoms with E-state index in [0.717, 1.165) is 58.0 Å². The molecule has 2 aromatic carbocycles. The molecular weight excluding hydrogens is 432 g/mol. The second kappa shape index (κ2) is 9.79. The van der Waals surface area contributed by atoms with Crippen LogP contribution in [0.25, 0.3) is 21.8 Å². The van der Waals surface area contributed by atoms with Gasteiger partial charge in [-0.15, -0.1) is 0 Å². The van der Waals surface area contributed by atoms with Gasteiger partial charge in [0.2, 0.25) is 0 Å². The molecule has 1 aliphatic heterocycles. The fourth-order valence-electron chi connectivity index (χ4n) is 4.31. The molecule has 0 bridgehead atoms. The Morgan fingerprint density at radius 2 is 1.88 bits per heavy atom. The Morgan fingerprint density at radius 1 is 1.06 bits per heavy atom. The quantitative estimate of drug-likeness (QED) is 0.308. The molecule has 7 nitrogen and oxygen atoms in total. The zero-order chi connectivity index (χ0) is 22.6. The number of hydrogen-bond donors (Lipinski definition) is 1. The third-order valence-electron chi connectivity index (χ3n) is 5.94. The van der Waals surface area contributed by atoms with Crippen molar-refractivity contribution in [3.63, 3.8) is 0 Å². The second-order valence-electron chi connectivity index (χ2n) is 8.26. The Labute approximate surface area is 197 Å². The molecule has 0 spiro atoms. The molecule has 0 atom stereocenters. The highest BCUT2D eigenvalue weighted by Gasteiger charge is 2.21. The number of hydrogen-bond acceptors (Lipinski definition) is 6. The third kappa shape index (κ3) is 4.53. The first-order valence-electron chi connectivity index (χ1n) is 11.6. The van der Waals surface area contributed by atoms with E-state index in [-0.39, 0.29) is 5.91 Å². The summed E-state index contributed by atoms with van der Waals surface area (Å²) in [7, 11) is 0. The van der Waals surface area contributed by atoms with Crippen molar-refractivity contribution in [2.45, 2.75) is 37.9 Å². The predicted octanol–water partition coefficient (Wildman–Crippen LogP) is 4.51. The van der Waals surface area contributed by atoms with Gasteiger partial charge in [0.1, 0.15) is 5.82 Å². The summed E-state index contributed by atoms with van der Waals surface area (Å²) in [4.78, 5) is 24.9. The summed E-state index contributed by atoms with van der Waals surface area (Å²) in [6, 6.07) is 13.8. The number of nitrogens with zero attached hydrogens (tertiary/aromatic N) is 5. The average Bonchev–Trinajstić information content (AvgIpc) is 3.52. The minimum Gasteiger partial charge on any atom is -0.356 e. The maximum Gasteiger partial charge on any atom is 0.251 e. The van der Waals surface area contributed by atoms with E-state index in [2.05, 4.69) is 22.2 Å². The SMILES string of the molecule is CCCSc1nc(N2CCCC2)c2cnn(CCNC(=O)c3cccc4ccccc34)c2n1. The molecule has 0 radical (unpaired) electrons. The molecule has 1 fully saturated rings. The molecule has 8 heteroatoms. The largest absolute Gasteiger partial charge is 0.356 e. The predicted molar refractivity (Wildman–Crippen MR) is 134 cm³/mol. The Morgan fingerprint density at radius 3 is 2.73 bits per heavy atom. The number of carbonyl (C=O) groups is 1. The first-order chi connectivity index (χ1) is 16.2. The Kier molecular flexibility index (Phi) is 6.44. The van der Waals surface area contributed by atoms with Gasteiger partial charge in [-0.1, -0.05) is 55.1 Å². The van der Waals surface area contributed by atoms with Crippen molar-refractivity contribution >= 4 is 45.3 Å². The van der Waals surface area contributed by atoms with Crippen molar-refractivity contribution in [1.82, 2.24) is 25.1 Å². The number of carbonyl (C=O) groups excluding carboxylic acids is 1. The van der Waals surface area contributed by atoms with Gasteiger partial charge in [-0.25, -0.2) is 14.6 Å². The number of fused-ring (bicyclic) bond motifs is 2. The summed E-state index contributed by atoms with van der Waals surface area (Å²) < 4.78 is 1.88. The molecule has 0 saturated carbocycles. The number of thioether (sulfide) groups is 1. The molecular formula is C25H28N6OS. The number of rotatable bonds is 8. The van der Waals surface area contributed by atoms with E-state index < -0.39 is 0 Å². The van der Waals surface area contributed by atoms with Crippen LogP contribution in [0.4, 0.5) is 5.82 Å². The Bertz CT molecular complexity index is 1280. The minimum atomic E-state index is -0.0742. The number of nitrogens with one attached hydrogen (secondary N) is 1. The van der Waals surface area contributed by atoms with Gasteiger partial charge in [0.05, 0.1) is 18.1 Å². The summed E-state index contributed by atoms with van der Waals surface area (Å²) in [5, 5.41) is 11.5. The van der Waals surface area contributed by atoms with E-state index in [1.54, 1.807) is 11.8 Å². The van der Waals surface area contributed by atoms with Crippen LogP contribution in [0, 0.1) is 0 Å². The molecule has 170 valence electrons. The van der Waals surface area contributed by atoms with Gasteiger partial charge in [0.25, 0.3) is 5.91 Å². The van der Waals surface area contributed by atoms with Crippen LogP contribution in [0.2, 0.25) is 0 Å². The van der Waals surface area contributed by atoms with Crippen LogP contribution in [-0.2, 0) is 6.54 Å². The molecule has 1 amide bonds. The number of benzene rings is 2. The fourth-order valence-corrected chi connectivity index (χ4v) is 5.00. The van der Waals surface area contributed by atoms with Crippen LogP contribution in [0.1, 0.15) is 36.5 Å². The lowest BCUT2D eigenvalue weighted by Crippen LogP contribution is -2.27. The van der Waals surface area contributed by atoms with E-state index in [0.29, 0.717) is 18.7 Å². The summed E-state index contributed by atoms with van der Waals surface area (Å²) in [6.07, 6.45) is 5.32. The average molecular weight is 461 g/mol. The maximum atomic E-state index is 12.9. The molecule has 1 saturated heterocycles. The van der Waals surface area contributed by atoms with E-state index in [4.69, 9.17) is 9.97 Å². The molecule has 5 rings (SSSR count). The normalized spacial score (nSPS) is 13.8. The van der Waals surface area contributed by atoms with Crippen molar-refractivity contribution in [3.8, 4) is 0 Å². The van der Waals surface area contributed by atoms with Gasteiger partial charge in [0.15, 0.2) is 10.8 Å². The lowest BCUT2D eigenvalue weighted by atomic mass is 10.0. The van der Waals surface area contributed by atoms with Gasteiger partial charge in [0, 0.05) is 31.0 Å². The van der Waals surface area contributed by atoms with Gasteiger partial charge >= 0.3 is 0 Å². The highest BCUT2D eigenvalue weighted by molar-refractivity contribution is 7.99. The number of anilines is 1. The lowest BCUT2D eigenvalue weighted by molar-refractivity contribution is 0.0953. The van der Waals surface area contributed by atoms with Crippen LogP contribution in [-0.4, -0.2) is 51.0 Å². The molecule has 4 aromatic rings. The zero-order valence-electron chi connectivity index (χ0n) is 18.8. The van der Waals surface area contributed by atoms with Crippen molar-refractivity contribution < 1.29 is 4.79 Å². The highest BCUT2D eigenvalue weighted by atomic mass is 32.2. The molecule has 0 unspecified atom stereocenters. The van der Waals surface area contributed by atoms with Crippen molar-refractivity contribution in [3.05, 3.63) is 54.2 Å². The summed E-state index contributed by atoms with van der Waals surface area (Å²) >= 11 is 1.69. The van der Waals surface area contributed by atoms with Gasteiger partial charge < -0.3 is 10.2 Å². The van der Waals surface area contributed by atoms with Gasteiger partial charge in [-0.3, -0.25) is 4.79 Å². The molecule has 33 heavy (non-hydrogen) atoms. The molecule has 0 aliphatic carbocycles. The van der Waals surface area contributed by atoms with Gasteiger partial charge in [-0.05, 0) is 36.1 Å². The van der Waals surface area contributed by atoms with Crippen molar-refractivity contribution in [1.29, 1.82) is 0 Å². The number of aromatic nitrogens is 4. The van der Waals surface area contributed by atoms with E-state index >= 15 is 0 Å².